The molecule has 0 heterocycles. The Balaban J connectivity index is 2.34. The van der Waals surface area contributed by atoms with E-state index >= 15 is 0 Å². The summed E-state index contributed by atoms with van der Waals surface area (Å²) >= 11 is 5.69. The molecule has 0 fully saturated rings. The fourth-order valence-electron chi connectivity index (χ4n) is 1.78. The highest BCUT2D eigenvalue weighted by molar-refractivity contribution is 7.89. The van der Waals surface area contributed by atoms with Crippen LogP contribution in [0.1, 0.15) is 12.8 Å². The Labute approximate surface area is 110 Å². The third kappa shape index (κ3) is 2.66. The number of sulfonamides is 1. The van der Waals surface area contributed by atoms with Crippen LogP contribution in [-0.2, 0) is 10.0 Å². The number of anilines is 1. The monoisotopic (exact) mass is 290 g/mol. The average Bonchev–Trinajstić information content (AvgIpc) is 2.75. The van der Waals surface area contributed by atoms with E-state index in [0.717, 1.165) is 6.07 Å². The summed E-state index contributed by atoms with van der Waals surface area (Å²) in [5, 5.41) is 0.0822. The molecule has 0 atom stereocenters. The first kappa shape index (κ1) is 13.3. The first-order valence-electron chi connectivity index (χ1n) is 5.32. The van der Waals surface area contributed by atoms with Gasteiger partial charge in [0.15, 0.2) is 5.82 Å². The van der Waals surface area contributed by atoms with Crippen molar-refractivity contribution >= 4 is 27.3 Å². The second-order valence-corrected chi connectivity index (χ2v) is 6.19. The minimum Gasteiger partial charge on any atom is -0.396 e. The van der Waals surface area contributed by atoms with Crippen LogP contribution in [-0.4, -0.2) is 14.5 Å². The Morgan fingerprint density at radius 1 is 1.33 bits per heavy atom. The zero-order valence-electron chi connectivity index (χ0n) is 9.36. The molecule has 1 aromatic carbocycles. The molecule has 1 aliphatic carbocycles. The van der Waals surface area contributed by atoms with Gasteiger partial charge in [0.25, 0.3) is 0 Å². The fourth-order valence-corrected chi connectivity index (χ4v) is 3.46. The van der Waals surface area contributed by atoms with Gasteiger partial charge in [-0.1, -0.05) is 23.8 Å². The smallest absolute Gasteiger partial charge is 0.243 e. The summed E-state index contributed by atoms with van der Waals surface area (Å²) in [7, 11) is -3.95. The Morgan fingerprint density at radius 3 is 2.56 bits per heavy atom. The normalized spacial score (nSPS) is 16.3. The van der Waals surface area contributed by atoms with Crippen LogP contribution in [0.3, 0.4) is 0 Å². The summed E-state index contributed by atoms with van der Waals surface area (Å²) in [4.78, 5) is -0.514. The highest BCUT2D eigenvalue weighted by Gasteiger charge is 2.25. The molecule has 4 nitrogen and oxygen atoms in total. The number of hydrogen-bond acceptors (Lipinski definition) is 3. The van der Waals surface area contributed by atoms with Crippen molar-refractivity contribution in [3.05, 3.63) is 35.1 Å². The summed E-state index contributed by atoms with van der Waals surface area (Å²) in [5.74, 6) is -0.974. The van der Waals surface area contributed by atoms with Gasteiger partial charge in [0.1, 0.15) is 4.90 Å². The maximum atomic E-state index is 13.7. The zero-order chi connectivity index (χ0) is 13.3. The third-order valence-corrected chi connectivity index (χ3v) is 4.39. The van der Waals surface area contributed by atoms with Gasteiger partial charge in [-0.15, -0.1) is 0 Å². The molecule has 0 spiro atoms. The number of nitrogens with two attached hydrogens (primary N) is 1. The summed E-state index contributed by atoms with van der Waals surface area (Å²) in [6.45, 7) is 0. The molecule has 0 amide bonds. The summed E-state index contributed by atoms with van der Waals surface area (Å²) in [6, 6.07) is 1.99. The van der Waals surface area contributed by atoms with Crippen molar-refractivity contribution in [3.63, 3.8) is 0 Å². The largest absolute Gasteiger partial charge is 0.396 e. The highest BCUT2D eigenvalue weighted by Crippen LogP contribution is 2.26. The highest BCUT2D eigenvalue weighted by atomic mass is 35.5. The Morgan fingerprint density at radius 2 is 1.94 bits per heavy atom. The number of hydrogen-bond donors (Lipinski definition) is 2. The standard InChI is InChI=1S/C11H12ClFN2O2S/c12-7-5-9(14)11(13)10(6-7)18(16,17)15-8-3-1-2-4-8/h1-2,5-6,8,15H,3-4,14H2. The third-order valence-electron chi connectivity index (χ3n) is 2.65. The minimum atomic E-state index is -3.95. The van der Waals surface area contributed by atoms with Gasteiger partial charge in [0.05, 0.1) is 5.69 Å². The van der Waals surface area contributed by atoms with Crippen molar-refractivity contribution in [2.24, 2.45) is 0 Å². The number of nitrogens with one attached hydrogen (secondary N) is 1. The molecule has 0 saturated carbocycles. The maximum Gasteiger partial charge on any atom is 0.243 e. The van der Waals surface area contributed by atoms with Crippen LogP contribution in [0.2, 0.25) is 5.02 Å². The fraction of sp³-hybridized carbons (Fsp3) is 0.273. The van der Waals surface area contributed by atoms with E-state index in [9.17, 15) is 12.8 Å². The lowest BCUT2D eigenvalue weighted by Crippen LogP contribution is -2.33. The van der Waals surface area contributed by atoms with Gasteiger partial charge in [-0.05, 0) is 25.0 Å². The van der Waals surface area contributed by atoms with E-state index < -0.39 is 20.7 Å². The van der Waals surface area contributed by atoms with Crippen molar-refractivity contribution in [2.75, 3.05) is 5.73 Å². The van der Waals surface area contributed by atoms with Crippen LogP contribution in [0.5, 0.6) is 0 Å². The molecule has 0 unspecified atom stereocenters. The second kappa shape index (κ2) is 4.87. The molecule has 0 radical (unpaired) electrons. The molecule has 18 heavy (non-hydrogen) atoms. The first-order chi connectivity index (χ1) is 8.40. The SMILES string of the molecule is Nc1cc(Cl)cc(S(=O)(=O)NC2CC=CC2)c1F. The molecule has 0 aliphatic heterocycles. The van der Waals surface area contributed by atoms with Gasteiger partial charge < -0.3 is 5.73 Å². The van der Waals surface area contributed by atoms with Crippen LogP contribution in [0.4, 0.5) is 10.1 Å². The van der Waals surface area contributed by atoms with Crippen LogP contribution < -0.4 is 10.5 Å². The van der Waals surface area contributed by atoms with Crippen molar-refractivity contribution in [1.29, 1.82) is 0 Å². The zero-order valence-corrected chi connectivity index (χ0v) is 10.9. The lowest BCUT2D eigenvalue weighted by molar-refractivity contribution is 0.542. The molecule has 1 aliphatic rings. The summed E-state index contributed by atoms with van der Waals surface area (Å²) < 4.78 is 40.2. The van der Waals surface area contributed by atoms with Crippen molar-refractivity contribution < 1.29 is 12.8 Å². The average molecular weight is 291 g/mol. The van der Waals surface area contributed by atoms with E-state index in [2.05, 4.69) is 4.72 Å². The minimum absolute atomic E-state index is 0.0822. The lowest BCUT2D eigenvalue weighted by Gasteiger charge is -2.14. The molecule has 0 saturated heterocycles. The molecular weight excluding hydrogens is 279 g/mol. The molecule has 3 N–H and O–H groups in total. The number of rotatable bonds is 3. The van der Waals surface area contributed by atoms with Crippen LogP contribution in [0.15, 0.2) is 29.2 Å². The van der Waals surface area contributed by atoms with Gasteiger partial charge in [-0.25, -0.2) is 17.5 Å². The molecule has 2 rings (SSSR count). The Hall–Kier alpha value is -1.11. The van der Waals surface area contributed by atoms with Gasteiger partial charge >= 0.3 is 0 Å². The number of halogens is 2. The molecule has 7 heteroatoms. The molecule has 1 aromatic rings. The lowest BCUT2D eigenvalue weighted by atomic mass is 10.3. The van der Waals surface area contributed by atoms with Crippen molar-refractivity contribution in [3.8, 4) is 0 Å². The van der Waals surface area contributed by atoms with Crippen molar-refractivity contribution in [1.82, 2.24) is 4.72 Å². The van der Waals surface area contributed by atoms with E-state index in [1.807, 2.05) is 12.2 Å². The molecular formula is C11H12ClFN2O2S. The molecule has 98 valence electrons. The van der Waals surface area contributed by atoms with Crippen LogP contribution in [0.25, 0.3) is 0 Å². The molecule has 0 aromatic heterocycles. The van der Waals surface area contributed by atoms with Gasteiger partial charge in [0, 0.05) is 11.1 Å². The van der Waals surface area contributed by atoms with Gasteiger partial charge in [0.2, 0.25) is 10.0 Å². The summed E-state index contributed by atoms with van der Waals surface area (Å²) in [6.07, 6.45) is 4.93. The first-order valence-corrected chi connectivity index (χ1v) is 7.18. The quantitative estimate of drug-likeness (QED) is 0.661. The van der Waals surface area contributed by atoms with E-state index in [0.29, 0.717) is 12.8 Å². The Bertz CT molecular complexity index is 593. The molecule has 0 bridgehead atoms. The Kier molecular flexibility index (Phi) is 3.61. The van der Waals surface area contributed by atoms with E-state index in [4.69, 9.17) is 17.3 Å². The predicted molar refractivity (Wildman–Crippen MR) is 68.3 cm³/mol. The van der Waals surface area contributed by atoms with E-state index in [-0.39, 0.29) is 16.8 Å². The van der Waals surface area contributed by atoms with Gasteiger partial charge in [-0.2, -0.15) is 0 Å². The van der Waals surface area contributed by atoms with Crippen molar-refractivity contribution in [2.45, 2.75) is 23.8 Å². The van der Waals surface area contributed by atoms with Gasteiger partial charge in [-0.3, -0.25) is 0 Å². The predicted octanol–water partition coefficient (Wildman–Crippen LogP) is 2.06. The summed E-state index contributed by atoms with van der Waals surface area (Å²) in [5.41, 5.74) is 5.08. The number of nitrogen functional groups attached to an aromatic ring is 1. The topological polar surface area (TPSA) is 72.2 Å². The second-order valence-electron chi connectivity index (χ2n) is 4.07. The van der Waals surface area contributed by atoms with Crippen LogP contribution in [0, 0.1) is 5.82 Å². The van der Waals surface area contributed by atoms with Crippen LogP contribution >= 0.6 is 11.6 Å². The van der Waals surface area contributed by atoms with E-state index in [1.54, 1.807) is 0 Å². The van der Waals surface area contributed by atoms with E-state index in [1.165, 1.54) is 6.07 Å². The number of benzene rings is 1. The maximum absolute atomic E-state index is 13.7.